The van der Waals surface area contributed by atoms with Crippen molar-refractivity contribution in [3.05, 3.63) is 58.0 Å². The lowest BCUT2D eigenvalue weighted by Crippen LogP contribution is -1.95. The lowest BCUT2D eigenvalue weighted by molar-refractivity contribution is 1.25. The molecule has 0 atom stereocenters. The van der Waals surface area contributed by atoms with Crippen LogP contribution >= 0.6 is 23.2 Å². The van der Waals surface area contributed by atoms with E-state index in [1.807, 2.05) is 12.1 Å². The minimum Gasteiger partial charge on any atom is -0.0831 e. The Balaban J connectivity index is 2.47. The molecule has 0 heterocycles. The second-order valence-corrected chi connectivity index (χ2v) is 4.37. The van der Waals surface area contributed by atoms with E-state index in [0.29, 0.717) is 10.1 Å². The monoisotopic (exact) mass is 237 g/mol. The summed E-state index contributed by atoms with van der Waals surface area (Å²) in [5.41, 5.74) is 3.39. The van der Waals surface area contributed by atoms with E-state index in [1.54, 1.807) is 0 Å². The van der Waals surface area contributed by atoms with Crippen LogP contribution in [0.15, 0.2) is 40.4 Å². The number of hydrogen-bond acceptors (Lipinski definition) is 0. The molecule has 77 valence electrons. The molecule has 1 aromatic carbocycles. The summed E-state index contributed by atoms with van der Waals surface area (Å²) in [7, 11) is 0. The van der Waals surface area contributed by atoms with Crippen LogP contribution < -0.4 is 0 Å². The number of allylic oxidation sites excluding steroid dienone is 4. The van der Waals surface area contributed by atoms with E-state index in [9.17, 15) is 0 Å². The second kappa shape index (κ2) is 4.42. The Kier molecular flexibility index (Phi) is 3.18. The first-order valence-electron chi connectivity index (χ1n) is 4.84. The van der Waals surface area contributed by atoms with Gasteiger partial charge < -0.3 is 0 Å². The molecule has 0 N–H and O–H groups in total. The smallest absolute Gasteiger partial charge is 0.0630 e. The van der Waals surface area contributed by atoms with Gasteiger partial charge in [0.05, 0.1) is 10.1 Å². The van der Waals surface area contributed by atoms with Crippen LogP contribution in [0, 0.1) is 13.3 Å². The van der Waals surface area contributed by atoms with Gasteiger partial charge in [-0.1, -0.05) is 59.1 Å². The number of aryl methyl sites for hydroxylation is 1. The Morgan fingerprint density at radius 1 is 1.20 bits per heavy atom. The van der Waals surface area contributed by atoms with Gasteiger partial charge in [0.1, 0.15) is 0 Å². The number of halogens is 2. The summed E-state index contributed by atoms with van der Waals surface area (Å²) in [6.45, 7) is 2.07. The number of rotatable bonds is 1. The van der Waals surface area contributed by atoms with E-state index in [4.69, 9.17) is 23.2 Å². The fourth-order valence-electron chi connectivity index (χ4n) is 1.65. The van der Waals surface area contributed by atoms with Crippen LogP contribution in [-0.2, 0) is 0 Å². The molecule has 1 radical (unpaired) electrons. The van der Waals surface area contributed by atoms with Crippen molar-refractivity contribution in [1.82, 2.24) is 0 Å². The lowest BCUT2D eigenvalue weighted by Gasteiger charge is -2.14. The molecule has 1 aromatic rings. The molecule has 0 bridgehead atoms. The maximum absolute atomic E-state index is 6.17. The third kappa shape index (κ3) is 2.27. The molecular weight excluding hydrogens is 227 g/mol. The van der Waals surface area contributed by atoms with E-state index >= 15 is 0 Å². The minimum absolute atomic E-state index is 0.647. The van der Waals surface area contributed by atoms with Gasteiger partial charge in [-0.2, -0.15) is 0 Å². The van der Waals surface area contributed by atoms with Crippen molar-refractivity contribution < 1.29 is 0 Å². The van der Waals surface area contributed by atoms with Crippen LogP contribution in [0.4, 0.5) is 0 Å². The molecule has 0 saturated heterocycles. The van der Waals surface area contributed by atoms with Gasteiger partial charge in [0, 0.05) is 0 Å². The summed E-state index contributed by atoms with van der Waals surface area (Å²) >= 11 is 12.2. The van der Waals surface area contributed by atoms with E-state index in [0.717, 1.165) is 17.6 Å². The van der Waals surface area contributed by atoms with Gasteiger partial charge >= 0.3 is 0 Å². The highest BCUT2D eigenvalue weighted by atomic mass is 35.5. The molecule has 0 saturated carbocycles. The van der Waals surface area contributed by atoms with Gasteiger partial charge in [0.15, 0.2) is 0 Å². The standard InChI is InChI=1S/C13H11Cl2/c1-9-4-2-5-10(8-9)11-6-3-7-12(14)13(11)15/h2,4-8H,3H2,1H3. The summed E-state index contributed by atoms with van der Waals surface area (Å²) in [6, 6.07) is 8.26. The second-order valence-electron chi connectivity index (χ2n) is 3.59. The molecule has 0 unspecified atom stereocenters. The maximum atomic E-state index is 6.17. The summed E-state index contributed by atoms with van der Waals surface area (Å²) in [5, 5.41) is 1.30. The van der Waals surface area contributed by atoms with Crippen molar-refractivity contribution >= 4 is 28.8 Å². The summed E-state index contributed by atoms with van der Waals surface area (Å²) in [4.78, 5) is 0. The van der Waals surface area contributed by atoms with Gasteiger partial charge in [-0.25, -0.2) is 0 Å². The van der Waals surface area contributed by atoms with Crippen LogP contribution in [0.5, 0.6) is 0 Å². The van der Waals surface area contributed by atoms with Gasteiger partial charge in [-0.3, -0.25) is 0 Å². The largest absolute Gasteiger partial charge is 0.0831 e. The third-order valence-corrected chi connectivity index (χ3v) is 3.24. The minimum atomic E-state index is 0.647. The van der Waals surface area contributed by atoms with Gasteiger partial charge in [-0.05, 0) is 30.9 Å². The molecule has 0 fully saturated rings. The average Bonchev–Trinajstić information content (AvgIpc) is 2.22. The molecule has 2 rings (SSSR count). The molecule has 0 aliphatic heterocycles. The van der Waals surface area contributed by atoms with Crippen LogP contribution in [0.25, 0.3) is 5.57 Å². The molecule has 0 spiro atoms. The predicted octanol–water partition coefficient (Wildman–Crippen LogP) is 4.68. The van der Waals surface area contributed by atoms with Crippen LogP contribution in [-0.4, -0.2) is 0 Å². The first-order valence-corrected chi connectivity index (χ1v) is 5.60. The molecule has 0 amide bonds. The van der Waals surface area contributed by atoms with Gasteiger partial charge in [0.2, 0.25) is 0 Å². The van der Waals surface area contributed by atoms with Crippen molar-refractivity contribution in [3.63, 3.8) is 0 Å². The SMILES string of the molecule is Cc1cccc(C2=C(Cl)C(Cl)=CC[CH]2)c1. The maximum Gasteiger partial charge on any atom is 0.0630 e. The van der Waals surface area contributed by atoms with E-state index in [2.05, 4.69) is 31.5 Å². The zero-order valence-electron chi connectivity index (χ0n) is 8.43. The first-order chi connectivity index (χ1) is 7.18. The van der Waals surface area contributed by atoms with Crippen molar-refractivity contribution in [2.45, 2.75) is 13.3 Å². The fraction of sp³-hybridized carbons (Fsp3) is 0.154. The fourth-order valence-corrected chi connectivity index (χ4v) is 2.10. The topological polar surface area (TPSA) is 0 Å². The molecule has 15 heavy (non-hydrogen) atoms. The zero-order valence-corrected chi connectivity index (χ0v) is 9.94. The third-order valence-electron chi connectivity index (χ3n) is 2.39. The van der Waals surface area contributed by atoms with Crippen LogP contribution in [0.2, 0.25) is 0 Å². The molecule has 2 heteroatoms. The highest BCUT2D eigenvalue weighted by Gasteiger charge is 2.14. The van der Waals surface area contributed by atoms with E-state index in [-0.39, 0.29) is 0 Å². The molecule has 0 nitrogen and oxygen atoms in total. The lowest BCUT2D eigenvalue weighted by atomic mass is 9.96. The Hall–Kier alpha value is -0.720. The number of hydrogen-bond donors (Lipinski definition) is 0. The zero-order chi connectivity index (χ0) is 10.8. The molecule has 0 aromatic heterocycles. The van der Waals surface area contributed by atoms with Crippen molar-refractivity contribution in [2.75, 3.05) is 0 Å². The van der Waals surface area contributed by atoms with Crippen molar-refractivity contribution in [2.24, 2.45) is 0 Å². The summed E-state index contributed by atoms with van der Waals surface area (Å²) in [5.74, 6) is 0. The van der Waals surface area contributed by atoms with E-state index < -0.39 is 0 Å². The average molecular weight is 238 g/mol. The molecular formula is C13H11Cl2. The highest BCUT2D eigenvalue weighted by Crippen LogP contribution is 2.35. The summed E-state index contributed by atoms with van der Waals surface area (Å²) in [6.07, 6.45) is 4.87. The van der Waals surface area contributed by atoms with Crippen LogP contribution in [0.3, 0.4) is 0 Å². The number of benzene rings is 1. The Morgan fingerprint density at radius 2 is 2.00 bits per heavy atom. The van der Waals surface area contributed by atoms with Crippen LogP contribution in [0.1, 0.15) is 17.5 Å². The van der Waals surface area contributed by atoms with Gasteiger partial charge in [-0.15, -0.1) is 0 Å². The Labute approximate surface area is 100 Å². The van der Waals surface area contributed by atoms with Crippen molar-refractivity contribution in [3.8, 4) is 0 Å². The van der Waals surface area contributed by atoms with E-state index in [1.165, 1.54) is 5.56 Å². The van der Waals surface area contributed by atoms with Gasteiger partial charge in [0.25, 0.3) is 0 Å². The normalized spacial score (nSPS) is 16.6. The highest BCUT2D eigenvalue weighted by molar-refractivity contribution is 6.46. The summed E-state index contributed by atoms with van der Waals surface area (Å²) < 4.78 is 0. The predicted molar refractivity (Wildman–Crippen MR) is 66.8 cm³/mol. The van der Waals surface area contributed by atoms with Crippen molar-refractivity contribution in [1.29, 1.82) is 0 Å². The molecule has 1 aliphatic carbocycles. The Morgan fingerprint density at radius 3 is 2.73 bits per heavy atom. The Bertz CT molecular complexity index is 442. The molecule has 1 aliphatic rings. The first kappa shape index (κ1) is 10.8. The quantitative estimate of drug-likeness (QED) is 0.666.